The number of benzene rings is 1. The summed E-state index contributed by atoms with van der Waals surface area (Å²) in [4.78, 5) is 52.2. The second-order valence-corrected chi connectivity index (χ2v) is 14.4. The molecule has 3 aliphatic heterocycles. The first kappa shape index (κ1) is 32.5. The number of carboxylic acid groups (broad SMARTS) is 2. The van der Waals surface area contributed by atoms with Gasteiger partial charge in [-0.05, 0) is 18.4 Å². The zero-order valence-electron chi connectivity index (χ0n) is 23.5. The highest BCUT2D eigenvalue weighted by Gasteiger charge is 2.36. The van der Waals surface area contributed by atoms with E-state index in [2.05, 4.69) is 0 Å². The van der Waals surface area contributed by atoms with Gasteiger partial charge in [-0.25, -0.2) is 0 Å². The highest BCUT2D eigenvalue weighted by Crippen LogP contribution is 2.48. The predicted octanol–water partition coefficient (Wildman–Crippen LogP) is 0.601. The van der Waals surface area contributed by atoms with E-state index in [1.807, 2.05) is 13.8 Å². The molecule has 45 heavy (non-hydrogen) atoms. The number of carboxylic acids is 2. The molecule has 0 spiro atoms. The number of hydrogen-bond donors (Lipinski definition) is 3. The number of carbonyl (C=O) groups excluding carboxylic acids is 1. The lowest BCUT2D eigenvalue weighted by molar-refractivity contribution is -0.140. The average Bonchev–Trinajstić information content (AvgIpc) is 3.67. The molecule has 0 aliphatic carbocycles. The monoisotopic (exact) mass is 699 g/mol. The number of aromatic nitrogens is 1. The van der Waals surface area contributed by atoms with Crippen LogP contribution in [0.3, 0.4) is 0 Å². The molecule has 1 saturated heterocycles. The standard InChI is InChI=1S/C26H25N3O12S4/c1-12(2)13(24-27(4-3-5-45(36,37)38)14-7-16-17(40-11-39-16)8-15(14)41-24)6-18-22(34)28(9-19(30)31)25(43-18)21-23(35)29(10-20(32)33)26(42)44-21/h6-8,12H,3-5,9-11H2,1-2H3,(H,30,31)(H,32,33)(H,36,37,38)/b18-6+,24-13-,25-21-. The molecule has 0 bridgehead atoms. The van der Waals surface area contributed by atoms with Gasteiger partial charge in [0.1, 0.15) is 27.0 Å². The molecule has 15 nitrogen and oxygen atoms in total. The SMILES string of the molecule is CC(C)C(/C=c1/s/c(=C2\SC(=S)N(CC(=O)O)C2=O)n(CC(=O)O)c1=O)=C1\Oc2cc3c(cc2N1CCCS(=O)(=O)O)OCO3. The number of ether oxygens (including phenoxy) is 3. The Bertz CT molecular complexity index is 1960. The Hall–Kier alpha value is -3.91. The van der Waals surface area contributed by atoms with Crippen LogP contribution in [0.15, 0.2) is 28.4 Å². The summed E-state index contributed by atoms with van der Waals surface area (Å²) in [5.41, 5.74) is 0.293. The van der Waals surface area contributed by atoms with Crippen LogP contribution in [0.2, 0.25) is 0 Å². The maximum atomic E-state index is 13.6. The van der Waals surface area contributed by atoms with E-state index < -0.39 is 52.4 Å². The Morgan fingerprint density at radius 2 is 1.73 bits per heavy atom. The minimum atomic E-state index is -4.25. The topological polar surface area (TPSA) is 202 Å². The minimum Gasteiger partial charge on any atom is -0.480 e. The number of carbonyl (C=O) groups is 3. The van der Waals surface area contributed by atoms with Gasteiger partial charge in [0.25, 0.3) is 21.6 Å². The molecule has 1 amide bonds. The summed E-state index contributed by atoms with van der Waals surface area (Å²) >= 11 is 6.78. The molecular weight excluding hydrogens is 675 g/mol. The number of anilines is 1. The molecule has 240 valence electrons. The van der Waals surface area contributed by atoms with Crippen molar-refractivity contribution in [3.8, 4) is 17.2 Å². The molecule has 5 rings (SSSR count). The molecule has 1 aromatic heterocycles. The molecule has 3 aliphatic rings. The van der Waals surface area contributed by atoms with E-state index in [1.165, 1.54) is 6.08 Å². The molecule has 0 saturated carbocycles. The van der Waals surface area contributed by atoms with Crippen molar-refractivity contribution in [1.82, 2.24) is 9.47 Å². The van der Waals surface area contributed by atoms with Crippen molar-refractivity contribution in [2.24, 2.45) is 5.92 Å². The van der Waals surface area contributed by atoms with Crippen LogP contribution in [-0.2, 0) is 31.0 Å². The number of thiazole rings is 1. The average molecular weight is 700 g/mol. The Kier molecular flexibility index (Phi) is 9.00. The molecule has 19 heteroatoms. The van der Waals surface area contributed by atoms with Crippen molar-refractivity contribution in [3.05, 3.63) is 43.1 Å². The van der Waals surface area contributed by atoms with Crippen LogP contribution >= 0.6 is 35.3 Å². The summed E-state index contributed by atoms with van der Waals surface area (Å²) in [6, 6.07) is 3.29. The molecular formula is C26H25N3O12S4. The first-order valence-corrected chi connectivity index (χ1v) is 16.8. The Balaban J connectivity index is 1.68. The van der Waals surface area contributed by atoms with Gasteiger partial charge >= 0.3 is 11.9 Å². The van der Waals surface area contributed by atoms with Gasteiger partial charge < -0.3 is 29.3 Å². The summed E-state index contributed by atoms with van der Waals surface area (Å²) in [6.45, 7) is 2.28. The first-order chi connectivity index (χ1) is 21.1. The van der Waals surface area contributed by atoms with Crippen LogP contribution in [0, 0.1) is 5.92 Å². The van der Waals surface area contributed by atoms with E-state index in [0.29, 0.717) is 28.5 Å². The highest BCUT2D eigenvalue weighted by atomic mass is 32.2. The number of nitrogens with zero attached hydrogens (tertiary/aromatic N) is 3. The van der Waals surface area contributed by atoms with E-state index in [-0.39, 0.29) is 50.0 Å². The van der Waals surface area contributed by atoms with E-state index in [0.717, 1.165) is 32.6 Å². The van der Waals surface area contributed by atoms with Crippen molar-refractivity contribution in [1.29, 1.82) is 0 Å². The van der Waals surface area contributed by atoms with Gasteiger partial charge in [0.15, 0.2) is 17.2 Å². The molecule has 2 aromatic rings. The fourth-order valence-electron chi connectivity index (χ4n) is 4.70. The Labute approximate surface area is 268 Å². The van der Waals surface area contributed by atoms with Gasteiger partial charge in [-0.3, -0.25) is 33.2 Å². The molecule has 1 aromatic carbocycles. The third-order valence-corrected chi connectivity index (χ3v) is 10.2. The molecule has 0 unspecified atom stereocenters. The van der Waals surface area contributed by atoms with Crippen LogP contribution < -0.4 is 33.9 Å². The molecule has 4 heterocycles. The van der Waals surface area contributed by atoms with Gasteiger partial charge in [0.05, 0.1) is 16.0 Å². The largest absolute Gasteiger partial charge is 0.480 e. The fourth-order valence-corrected chi connectivity index (χ4v) is 7.70. The van der Waals surface area contributed by atoms with Crippen LogP contribution in [0.5, 0.6) is 17.2 Å². The summed E-state index contributed by atoms with van der Waals surface area (Å²) < 4.78 is 50.3. The van der Waals surface area contributed by atoms with E-state index in [9.17, 15) is 42.4 Å². The molecule has 0 radical (unpaired) electrons. The first-order valence-electron chi connectivity index (χ1n) is 13.2. The van der Waals surface area contributed by atoms with E-state index in [1.54, 1.807) is 17.0 Å². The van der Waals surface area contributed by atoms with Gasteiger partial charge in [0.2, 0.25) is 12.7 Å². The number of thiocarbonyl (C=S) groups is 1. The number of aliphatic carboxylic acids is 2. The fraction of sp³-hybridized carbons (Fsp3) is 0.346. The van der Waals surface area contributed by atoms with E-state index >= 15 is 0 Å². The lowest BCUT2D eigenvalue weighted by Crippen LogP contribution is -2.37. The van der Waals surface area contributed by atoms with Crippen molar-refractivity contribution < 1.29 is 51.8 Å². The molecule has 1 fully saturated rings. The van der Waals surface area contributed by atoms with Gasteiger partial charge in [-0.1, -0.05) is 37.8 Å². The molecule has 0 atom stereocenters. The summed E-state index contributed by atoms with van der Waals surface area (Å²) in [5, 5.41) is 18.7. The third-order valence-electron chi connectivity index (χ3n) is 6.67. The minimum absolute atomic E-state index is 0.00153. The van der Waals surface area contributed by atoms with Crippen LogP contribution in [-0.4, -0.2) is 80.5 Å². The number of thioether (sulfide) groups is 1. The van der Waals surface area contributed by atoms with Crippen LogP contribution in [0.25, 0.3) is 11.0 Å². The summed E-state index contributed by atoms with van der Waals surface area (Å²) in [6.07, 6.45) is 1.53. The third kappa shape index (κ3) is 6.71. The van der Waals surface area contributed by atoms with Crippen LogP contribution in [0.4, 0.5) is 5.69 Å². The maximum absolute atomic E-state index is 13.6. The van der Waals surface area contributed by atoms with Gasteiger partial charge in [-0.2, -0.15) is 8.42 Å². The lowest BCUT2D eigenvalue weighted by Gasteiger charge is -2.21. The Morgan fingerprint density at radius 3 is 2.36 bits per heavy atom. The van der Waals surface area contributed by atoms with Crippen LogP contribution in [0.1, 0.15) is 20.3 Å². The quantitative estimate of drug-likeness (QED) is 0.230. The van der Waals surface area contributed by atoms with Crippen molar-refractivity contribution in [2.45, 2.75) is 26.8 Å². The highest BCUT2D eigenvalue weighted by molar-refractivity contribution is 8.30. The number of allylic oxidation sites excluding steroid dienone is 1. The lowest BCUT2D eigenvalue weighted by atomic mass is 10.0. The molecule has 3 N–H and O–H groups in total. The number of amides is 1. The number of rotatable bonds is 10. The van der Waals surface area contributed by atoms with Crippen molar-refractivity contribution >= 4 is 84.3 Å². The predicted molar refractivity (Wildman–Crippen MR) is 166 cm³/mol. The summed E-state index contributed by atoms with van der Waals surface area (Å²) in [7, 11) is -4.25. The van der Waals surface area contributed by atoms with Gasteiger partial charge in [-0.15, -0.1) is 11.3 Å². The maximum Gasteiger partial charge on any atom is 0.323 e. The second kappa shape index (κ2) is 12.5. The van der Waals surface area contributed by atoms with Crippen molar-refractivity contribution in [3.63, 3.8) is 0 Å². The second-order valence-electron chi connectivity index (χ2n) is 10.2. The number of fused-ring (bicyclic) bond motifs is 2. The zero-order chi connectivity index (χ0) is 32.8. The normalized spacial score (nSPS) is 18.6. The van der Waals surface area contributed by atoms with Gasteiger partial charge in [0, 0.05) is 24.3 Å². The van der Waals surface area contributed by atoms with Crippen molar-refractivity contribution in [2.75, 3.05) is 30.5 Å². The van der Waals surface area contributed by atoms with E-state index in [4.69, 9.17) is 26.4 Å². The number of hydrogen-bond acceptors (Lipinski definition) is 13. The smallest absolute Gasteiger partial charge is 0.323 e. The summed E-state index contributed by atoms with van der Waals surface area (Å²) in [5.74, 6) is -2.72. The Morgan fingerprint density at radius 1 is 1.07 bits per heavy atom. The zero-order valence-corrected chi connectivity index (χ0v) is 26.8.